The second-order valence-electron chi connectivity index (χ2n) is 7.82. The second-order valence-corrected chi connectivity index (χ2v) is 8.25. The molecular formula is C23H18ClN3O2. The maximum absolute atomic E-state index is 12.6. The van der Waals surface area contributed by atoms with E-state index in [-0.39, 0.29) is 5.97 Å². The van der Waals surface area contributed by atoms with Crippen molar-refractivity contribution >= 4 is 34.2 Å². The number of rotatable bonds is 1. The van der Waals surface area contributed by atoms with Crippen LogP contribution < -0.4 is 5.32 Å². The van der Waals surface area contributed by atoms with Crippen molar-refractivity contribution in [2.75, 3.05) is 19.0 Å². The Balaban J connectivity index is 1.78. The summed E-state index contributed by atoms with van der Waals surface area (Å²) >= 11 is 6.33. The van der Waals surface area contributed by atoms with Gasteiger partial charge in [-0.25, -0.2) is 4.79 Å². The van der Waals surface area contributed by atoms with Crippen molar-refractivity contribution in [3.8, 4) is 11.1 Å². The Kier molecular flexibility index (Phi) is 3.15. The number of ether oxygens (including phenoxy) is 1. The molecule has 0 radical (unpaired) electrons. The molecule has 6 heteroatoms. The fraction of sp³-hybridized carbons (Fsp3) is 0.174. The Hall–Kier alpha value is -3.18. The number of aromatic nitrogens is 2. The van der Waals surface area contributed by atoms with Gasteiger partial charge in [-0.15, -0.1) is 0 Å². The summed E-state index contributed by atoms with van der Waals surface area (Å²) < 4.78 is 5.09. The molecule has 5 nitrogen and oxygen atoms in total. The minimum atomic E-state index is -0.499. The van der Waals surface area contributed by atoms with Crippen LogP contribution in [0.15, 0.2) is 42.6 Å². The molecule has 2 aromatic carbocycles. The second kappa shape index (κ2) is 5.45. The van der Waals surface area contributed by atoms with Crippen molar-refractivity contribution in [2.45, 2.75) is 12.3 Å². The largest absolute Gasteiger partial charge is 0.464 e. The molecule has 1 aliphatic heterocycles. The van der Waals surface area contributed by atoms with Crippen LogP contribution >= 0.6 is 11.6 Å². The van der Waals surface area contributed by atoms with E-state index < -0.39 is 5.41 Å². The van der Waals surface area contributed by atoms with Gasteiger partial charge < -0.3 is 20.0 Å². The van der Waals surface area contributed by atoms with E-state index >= 15 is 0 Å². The summed E-state index contributed by atoms with van der Waals surface area (Å²) in [5.41, 5.74) is 8.63. The van der Waals surface area contributed by atoms with Crippen molar-refractivity contribution in [2.24, 2.45) is 0 Å². The molecule has 29 heavy (non-hydrogen) atoms. The van der Waals surface area contributed by atoms with E-state index in [4.69, 9.17) is 16.3 Å². The lowest BCUT2D eigenvalue weighted by atomic mass is 9.75. The van der Waals surface area contributed by atoms with E-state index in [1.165, 1.54) is 18.2 Å². The number of aromatic amines is 2. The predicted molar refractivity (Wildman–Crippen MR) is 114 cm³/mol. The minimum absolute atomic E-state index is 0.362. The number of carbonyl (C=O) groups excluding carboxylic acids is 1. The minimum Gasteiger partial charge on any atom is -0.464 e. The molecule has 3 N–H and O–H groups in total. The molecule has 1 spiro atoms. The summed E-state index contributed by atoms with van der Waals surface area (Å²) in [7, 11) is 1.41. The fourth-order valence-corrected chi connectivity index (χ4v) is 5.32. The Morgan fingerprint density at radius 1 is 1.21 bits per heavy atom. The van der Waals surface area contributed by atoms with Gasteiger partial charge in [-0.1, -0.05) is 29.3 Å². The molecule has 1 unspecified atom stereocenters. The van der Waals surface area contributed by atoms with Gasteiger partial charge in [0.15, 0.2) is 0 Å². The lowest BCUT2D eigenvalue weighted by molar-refractivity contribution is 0.0592. The van der Waals surface area contributed by atoms with Gasteiger partial charge in [-0.05, 0) is 36.8 Å². The number of H-pyrrole nitrogens is 2. The van der Waals surface area contributed by atoms with Gasteiger partial charge >= 0.3 is 5.97 Å². The van der Waals surface area contributed by atoms with E-state index in [0.717, 1.165) is 39.0 Å². The first kappa shape index (κ1) is 16.7. The molecule has 3 heterocycles. The van der Waals surface area contributed by atoms with Gasteiger partial charge in [0, 0.05) is 56.7 Å². The van der Waals surface area contributed by atoms with Crippen molar-refractivity contribution < 1.29 is 9.53 Å². The maximum atomic E-state index is 12.6. The number of hydrogen-bond donors (Lipinski definition) is 3. The first-order chi connectivity index (χ1) is 14.0. The average Bonchev–Trinajstić information content (AvgIpc) is 3.43. The lowest BCUT2D eigenvalue weighted by Gasteiger charge is -2.26. The molecule has 1 atom stereocenters. The molecule has 0 fully saturated rings. The molecular weight excluding hydrogens is 386 g/mol. The number of halogens is 1. The molecule has 2 aromatic heterocycles. The Bertz CT molecular complexity index is 1350. The van der Waals surface area contributed by atoms with Crippen molar-refractivity contribution in [3.63, 3.8) is 0 Å². The Labute approximate surface area is 172 Å². The van der Waals surface area contributed by atoms with E-state index in [2.05, 4.69) is 40.4 Å². The zero-order valence-corrected chi connectivity index (χ0v) is 16.7. The van der Waals surface area contributed by atoms with Crippen LogP contribution in [0.1, 0.15) is 32.9 Å². The van der Waals surface area contributed by atoms with E-state index in [9.17, 15) is 4.79 Å². The van der Waals surface area contributed by atoms with Crippen LogP contribution in [-0.4, -0.2) is 29.6 Å². The third kappa shape index (κ3) is 1.93. The maximum Gasteiger partial charge on any atom is 0.354 e. The van der Waals surface area contributed by atoms with Crippen LogP contribution in [0.4, 0.5) is 5.69 Å². The molecule has 144 valence electrons. The summed E-state index contributed by atoms with van der Waals surface area (Å²) in [6, 6.07) is 12.3. The smallest absolute Gasteiger partial charge is 0.354 e. The van der Waals surface area contributed by atoms with E-state index in [1.54, 1.807) is 0 Å². The van der Waals surface area contributed by atoms with Gasteiger partial charge in [0.05, 0.1) is 12.5 Å². The highest BCUT2D eigenvalue weighted by molar-refractivity contribution is 6.31. The lowest BCUT2D eigenvalue weighted by Crippen LogP contribution is -2.31. The number of benzene rings is 2. The number of methoxy groups -OCH3 is 1. The van der Waals surface area contributed by atoms with Gasteiger partial charge in [-0.3, -0.25) is 0 Å². The number of esters is 1. The topological polar surface area (TPSA) is 69.9 Å². The van der Waals surface area contributed by atoms with Crippen LogP contribution in [0, 0.1) is 6.92 Å². The highest BCUT2D eigenvalue weighted by Crippen LogP contribution is 2.59. The summed E-state index contributed by atoms with van der Waals surface area (Å²) in [6.07, 6.45) is 1.91. The first-order valence-corrected chi connectivity index (χ1v) is 9.89. The third-order valence-corrected chi connectivity index (χ3v) is 6.57. The molecule has 0 saturated heterocycles. The van der Waals surface area contributed by atoms with E-state index in [1.807, 2.05) is 24.4 Å². The normalized spacial score (nSPS) is 18.6. The molecule has 0 amide bonds. The van der Waals surface area contributed by atoms with Gasteiger partial charge in [0.2, 0.25) is 0 Å². The quantitative estimate of drug-likeness (QED) is 0.392. The number of fused-ring (bicyclic) bond motifs is 9. The molecule has 1 aliphatic carbocycles. The number of aryl methyl sites for hydroxylation is 1. The van der Waals surface area contributed by atoms with Crippen molar-refractivity contribution in [3.05, 3.63) is 75.7 Å². The first-order valence-electron chi connectivity index (χ1n) is 9.52. The zero-order chi connectivity index (χ0) is 19.9. The monoisotopic (exact) mass is 403 g/mol. The number of nitrogens with one attached hydrogen (secondary N) is 3. The van der Waals surface area contributed by atoms with Crippen LogP contribution in [0.5, 0.6) is 0 Å². The zero-order valence-electron chi connectivity index (χ0n) is 15.9. The van der Waals surface area contributed by atoms with E-state index in [0.29, 0.717) is 17.3 Å². The van der Waals surface area contributed by atoms with Crippen LogP contribution in [-0.2, 0) is 10.2 Å². The van der Waals surface area contributed by atoms with Gasteiger partial charge in [-0.2, -0.15) is 0 Å². The molecule has 0 bridgehead atoms. The Morgan fingerprint density at radius 3 is 2.90 bits per heavy atom. The van der Waals surface area contributed by atoms with Crippen molar-refractivity contribution in [1.29, 1.82) is 0 Å². The predicted octanol–water partition coefficient (Wildman–Crippen LogP) is 4.98. The van der Waals surface area contributed by atoms with Crippen molar-refractivity contribution in [1.82, 2.24) is 9.97 Å². The molecule has 0 saturated carbocycles. The van der Waals surface area contributed by atoms with Crippen LogP contribution in [0.3, 0.4) is 0 Å². The summed E-state index contributed by atoms with van der Waals surface area (Å²) in [5, 5.41) is 5.30. The molecule has 6 rings (SSSR count). The van der Waals surface area contributed by atoms with Crippen LogP contribution in [0.25, 0.3) is 22.0 Å². The van der Waals surface area contributed by atoms with Gasteiger partial charge in [0.25, 0.3) is 0 Å². The highest BCUT2D eigenvalue weighted by atomic mass is 35.5. The number of anilines is 1. The standard InChI is InChI=1S/C23H18ClN3O2/c1-11-3-5-17-15(7-11)23(10-26-17)19-14(9-25-20(19)22(28)29-2)18-13-8-12(24)4-6-16(13)27-21(18)23/h3-9,25-27H,10H2,1-2H3. The summed E-state index contributed by atoms with van der Waals surface area (Å²) in [4.78, 5) is 19.5. The highest BCUT2D eigenvalue weighted by Gasteiger charge is 2.53. The van der Waals surface area contributed by atoms with Gasteiger partial charge in [0.1, 0.15) is 5.69 Å². The average molecular weight is 404 g/mol. The summed E-state index contributed by atoms with van der Waals surface area (Å²) in [6.45, 7) is 2.75. The SMILES string of the molecule is COC(=O)c1[nH]cc2c1C1(CNc3ccc(C)cc31)c1[nH]c3ccc(Cl)cc3c1-2. The molecule has 4 aromatic rings. The fourth-order valence-electron chi connectivity index (χ4n) is 5.15. The van der Waals surface area contributed by atoms with Crippen LogP contribution in [0.2, 0.25) is 5.02 Å². The number of hydrogen-bond acceptors (Lipinski definition) is 3. The number of carbonyl (C=O) groups is 1. The summed E-state index contributed by atoms with van der Waals surface area (Å²) in [5.74, 6) is -0.362. The Morgan fingerprint density at radius 2 is 2.07 bits per heavy atom. The molecule has 2 aliphatic rings. The third-order valence-electron chi connectivity index (χ3n) is 6.33.